The molecule has 6 nitrogen and oxygen atoms in total. The third kappa shape index (κ3) is 6.81. The molecular formula is C29H40N4O2. The van der Waals surface area contributed by atoms with Crippen LogP contribution < -0.4 is 9.47 Å². The molecule has 4 rings (SSSR count). The summed E-state index contributed by atoms with van der Waals surface area (Å²) in [6.45, 7) is 13.8. The lowest BCUT2D eigenvalue weighted by molar-refractivity contribution is 0.398. The fraction of sp³-hybridized carbons (Fsp3) is 0.414. The fourth-order valence-corrected chi connectivity index (χ4v) is 3.64. The molecule has 2 aromatic heterocycles. The molecule has 0 fully saturated rings. The monoisotopic (exact) mass is 476 g/mol. The van der Waals surface area contributed by atoms with E-state index >= 15 is 0 Å². The van der Waals surface area contributed by atoms with Gasteiger partial charge in [-0.25, -0.2) is 0 Å². The molecule has 1 aliphatic heterocycles. The summed E-state index contributed by atoms with van der Waals surface area (Å²) < 4.78 is 10.9. The number of hydrogen-bond donors (Lipinski definition) is 1. The molecule has 1 aliphatic rings. The molecule has 1 N–H and O–H groups in total. The van der Waals surface area contributed by atoms with Crippen LogP contribution in [0.4, 0.5) is 0 Å². The highest BCUT2D eigenvalue weighted by Gasteiger charge is 2.20. The number of nitrogens with one attached hydrogen (secondary N) is 1. The minimum Gasteiger partial charge on any atom is -0.496 e. The van der Waals surface area contributed by atoms with Crippen LogP contribution in [0, 0.1) is 0 Å². The standard InChI is InChI=1S/2C14H18N2O.CH4/c1-14(2,3)11-7-12(17-4)13(16-9-11)10-5-6-15-8-10;1-14(2,3)12-6-5-10(7-13(12)17-4)11-8-15-16-9-11;/h5,7-9H,6H2,1-4H3;5-9H,1-4H3,(H,15,16);1H4. The van der Waals surface area contributed by atoms with Crippen LogP contribution in [0.25, 0.3) is 16.7 Å². The highest BCUT2D eigenvalue weighted by Crippen LogP contribution is 2.34. The van der Waals surface area contributed by atoms with Crippen molar-refractivity contribution in [2.45, 2.75) is 59.8 Å². The van der Waals surface area contributed by atoms with Crippen LogP contribution in [0.1, 0.15) is 65.8 Å². The molecule has 35 heavy (non-hydrogen) atoms. The number of hydrogen-bond acceptors (Lipinski definition) is 5. The number of aliphatic imine (C=N–C) groups is 1. The highest BCUT2D eigenvalue weighted by atomic mass is 16.5. The molecule has 3 aromatic rings. The van der Waals surface area contributed by atoms with Gasteiger partial charge in [0.05, 0.1) is 27.0 Å². The van der Waals surface area contributed by atoms with E-state index in [1.165, 1.54) is 11.1 Å². The zero-order chi connectivity index (χ0) is 24.9. The number of nitrogens with zero attached hydrogens (tertiary/aromatic N) is 3. The van der Waals surface area contributed by atoms with E-state index in [4.69, 9.17) is 9.47 Å². The van der Waals surface area contributed by atoms with Crippen molar-refractivity contribution in [1.29, 1.82) is 0 Å². The molecule has 188 valence electrons. The van der Waals surface area contributed by atoms with Gasteiger partial charge in [-0.1, -0.05) is 67.2 Å². The normalized spacial score (nSPS) is 12.9. The summed E-state index contributed by atoms with van der Waals surface area (Å²) in [4.78, 5) is 8.69. The smallest absolute Gasteiger partial charge is 0.145 e. The van der Waals surface area contributed by atoms with Crippen molar-refractivity contribution >= 4 is 11.8 Å². The number of benzene rings is 1. The number of ether oxygens (including phenoxy) is 2. The Morgan fingerprint density at radius 3 is 2.09 bits per heavy atom. The van der Waals surface area contributed by atoms with Crippen LogP contribution in [0.5, 0.6) is 11.5 Å². The summed E-state index contributed by atoms with van der Waals surface area (Å²) in [7, 11) is 3.39. The van der Waals surface area contributed by atoms with E-state index in [2.05, 4.69) is 92.1 Å². The van der Waals surface area contributed by atoms with E-state index in [-0.39, 0.29) is 18.3 Å². The van der Waals surface area contributed by atoms with Crippen molar-refractivity contribution in [2.75, 3.05) is 20.8 Å². The van der Waals surface area contributed by atoms with Gasteiger partial charge >= 0.3 is 0 Å². The molecule has 0 saturated heterocycles. The second-order valence-corrected chi connectivity index (χ2v) is 10.3. The Labute approximate surface area is 210 Å². The molecular weight excluding hydrogens is 436 g/mol. The molecule has 0 radical (unpaired) electrons. The Bertz CT molecular complexity index is 1160. The lowest BCUT2D eigenvalue weighted by Gasteiger charge is -2.22. The van der Waals surface area contributed by atoms with E-state index in [0.717, 1.165) is 40.4 Å². The van der Waals surface area contributed by atoms with Crippen LogP contribution in [0.2, 0.25) is 0 Å². The maximum Gasteiger partial charge on any atom is 0.145 e. The zero-order valence-electron chi connectivity index (χ0n) is 21.6. The Balaban J connectivity index is 0.000000240. The Morgan fingerprint density at radius 1 is 0.857 bits per heavy atom. The van der Waals surface area contributed by atoms with E-state index in [1.54, 1.807) is 14.2 Å². The first-order valence-electron chi connectivity index (χ1n) is 11.5. The van der Waals surface area contributed by atoms with E-state index < -0.39 is 0 Å². The number of H-pyrrole nitrogens is 1. The van der Waals surface area contributed by atoms with Crippen molar-refractivity contribution in [3.8, 4) is 22.6 Å². The van der Waals surface area contributed by atoms with Crippen LogP contribution in [0.15, 0.2) is 53.9 Å². The lowest BCUT2D eigenvalue weighted by Crippen LogP contribution is -2.12. The molecule has 0 atom stereocenters. The first kappa shape index (κ1) is 27.8. The van der Waals surface area contributed by atoms with Gasteiger partial charge in [0.25, 0.3) is 0 Å². The second-order valence-electron chi connectivity index (χ2n) is 10.3. The lowest BCUT2D eigenvalue weighted by atomic mass is 9.85. The first-order chi connectivity index (χ1) is 16.0. The number of pyridine rings is 1. The molecule has 0 spiro atoms. The number of aromatic nitrogens is 3. The van der Waals surface area contributed by atoms with Gasteiger partial charge in [0.15, 0.2) is 0 Å². The maximum atomic E-state index is 5.48. The van der Waals surface area contributed by atoms with E-state index in [0.29, 0.717) is 0 Å². The van der Waals surface area contributed by atoms with Crippen LogP contribution in [-0.4, -0.2) is 42.2 Å². The number of allylic oxidation sites excluding steroid dienone is 1. The van der Waals surface area contributed by atoms with Crippen molar-refractivity contribution in [3.05, 3.63) is 65.8 Å². The van der Waals surface area contributed by atoms with Gasteiger partial charge in [0.1, 0.15) is 17.2 Å². The summed E-state index contributed by atoms with van der Waals surface area (Å²) in [5, 5.41) is 6.78. The molecule has 6 heteroatoms. The molecule has 0 saturated carbocycles. The Kier molecular flexibility index (Phi) is 9.02. The van der Waals surface area contributed by atoms with Crippen LogP contribution in [-0.2, 0) is 10.8 Å². The van der Waals surface area contributed by atoms with E-state index in [9.17, 15) is 0 Å². The Morgan fingerprint density at radius 2 is 1.57 bits per heavy atom. The molecule has 0 aliphatic carbocycles. The third-order valence-corrected chi connectivity index (χ3v) is 5.70. The average Bonchev–Trinajstić information content (AvgIpc) is 3.52. The fourth-order valence-electron chi connectivity index (χ4n) is 3.64. The van der Waals surface area contributed by atoms with Gasteiger partial charge in [0.2, 0.25) is 0 Å². The van der Waals surface area contributed by atoms with Gasteiger partial charge in [-0.15, -0.1) is 0 Å². The maximum absolute atomic E-state index is 5.48. The predicted molar refractivity (Wildman–Crippen MR) is 147 cm³/mol. The summed E-state index contributed by atoms with van der Waals surface area (Å²) >= 11 is 0. The summed E-state index contributed by atoms with van der Waals surface area (Å²) in [6.07, 6.45) is 9.52. The van der Waals surface area contributed by atoms with Crippen LogP contribution in [0.3, 0.4) is 0 Å². The molecule has 0 amide bonds. The average molecular weight is 477 g/mol. The number of methoxy groups -OCH3 is 2. The quantitative estimate of drug-likeness (QED) is 0.446. The highest BCUT2D eigenvalue weighted by molar-refractivity contribution is 6.11. The zero-order valence-corrected chi connectivity index (χ0v) is 21.6. The minimum absolute atomic E-state index is 0. The van der Waals surface area contributed by atoms with Crippen molar-refractivity contribution < 1.29 is 9.47 Å². The van der Waals surface area contributed by atoms with Gasteiger partial charge in [-0.3, -0.25) is 15.1 Å². The SMILES string of the molecule is C.COc1cc(-c2cn[nH]c2)ccc1C(C)(C)C.COc1cc(C(C)(C)C)cnc1C1=CCN=C1. The summed E-state index contributed by atoms with van der Waals surface area (Å²) in [5.74, 6) is 1.74. The summed E-state index contributed by atoms with van der Waals surface area (Å²) in [5.41, 5.74) is 6.66. The largest absolute Gasteiger partial charge is 0.496 e. The number of aromatic amines is 1. The third-order valence-electron chi connectivity index (χ3n) is 5.70. The predicted octanol–water partition coefficient (Wildman–Crippen LogP) is 6.87. The summed E-state index contributed by atoms with van der Waals surface area (Å²) in [6, 6.07) is 8.36. The molecule has 0 bridgehead atoms. The van der Waals surface area contributed by atoms with Crippen molar-refractivity contribution in [2.24, 2.45) is 4.99 Å². The Hall–Kier alpha value is -3.41. The second kappa shape index (κ2) is 11.3. The van der Waals surface area contributed by atoms with Crippen molar-refractivity contribution in [1.82, 2.24) is 15.2 Å². The van der Waals surface area contributed by atoms with Crippen molar-refractivity contribution in [3.63, 3.8) is 0 Å². The van der Waals surface area contributed by atoms with E-state index in [1.807, 2.05) is 24.8 Å². The minimum atomic E-state index is 0. The van der Waals surface area contributed by atoms with Crippen LogP contribution >= 0.6 is 0 Å². The van der Waals surface area contributed by atoms with Gasteiger partial charge < -0.3 is 9.47 Å². The van der Waals surface area contributed by atoms with Gasteiger partial charge in [-0.2, -0.15) is 5.10 Å². The van der Waals surface area contributed by atoms with Gasteiger partial charge in [-0.05, 0) is 39.7 Å². The topological polar surface area (TPSA) is 72.4 Å². The molecule has 3 heterocycles. The number of rotatable bonds is 4. The van der Waals surface area contributed by atoms with Gasteiger partial charge in [0, 0.05) is 29.7 Å². The first-order valence-corrected chi connectivity index (χ1v) is 11.5. The molecule has 1 aromatic carbocycles. The molecule has 0 unspecified atom stereocenters.